The van der Waals surface area contributed by atoms with E-state index < -0.39 is 24.0 Å². The van der Waals surface area contributed by atoms with Crippen molar-refractivity contribution in [2.45, 2.75) is 26.8 Å². The van der Waals surface area contributed by atoms with Crippen LogP contribution in [0.4, 0.5) is 4.79 Å². The van der Waals surface area contributed by atoms with Gasteiger partial charge in [-0.05, 0) is 30.5 Å². The number of aromatic hydroxyl groups is 1. The molecule has 1 aromatic carbocycles. The van der Waals surface area contributed by atoms with Crippen LogP contribution in [0.25, 0.3) is 0 Å². The van der Waals surface area contributed by atoms with Gasteiger partial charge in [-0.15, -0.1) is 0 Å². The number of methoxy groups -OCH3 is 1. The lowest BCUT2D eigenvalue weighted by atomic mass is 9.88. The number of amides is 2. The standard InChI is InChI=1S/C17H22N2O5/c1-9(2)8-24-16(21)14-10(3)18-17(22)19-15(14)11-5-6-12(20)13(7-11)23-4/h5-7,9,14-15,20H,8H2,1-4H3,(H,19,22). The molecular weight excluding hydrogens is 312 g/mol. The van der Waals surface area contributed by atoms with E-state index in [4.69, 9.17) is 9.47 Å². The Hall–Kier alpha value is -2.57. The Balaban J connectivity index is 2.35. The number of nitrogens with one attached hydrogen (secondary N) is 1. The zero-order valence-corrected chi connectivity index (χ0v) is 14.2. The maximum Gasteiger partial charge on any atom is 0.341 e. The predicted octanol–water partition coefficient (Wildman–Crippen LogP) is 2.44. The summed E-state index contributed by atoms with van der Waals surface area (Å²) in [6.07, 6.45) is 0. The SMILES string of the molecule is COc1cc(C2NC(=O)N=C(C)C2C(=O)OCC(C)C)ccc1O. The molecule has 2 N–H and O–H groups in total. The van der Waals surface area contributed by atoms with Crippen LogP contribution in [0.1, 0.15) is 32.4 Å². The molecule has 2 atom stereocenters. The van der Waals surface area contributed by atoms with Gasteiger partial charge in [0.1, 0.15) is 5.92 Å². The molecule has 24 heavy (non-hydrogen) atoms. The number of carbonyl (C=O) groups excluding carboxylic acids is 2. The summed E-state index contributed by atoms with van der Waals surface area (Å²) in [5.41, 5.74) is 1.02. The minimum atomic E-state index is -0.726. The molecule has 1 heterocycles. The molecule has 7 heteroatoms. The molecule has 2 rings (SSSR count). The summed E-state index contributed by atoms with van der Waals surface area (Å²) in [4.78, 5) is 28.1. The average Bonchev–Trinajstić information content (AvgIpc) is 2.52. The summed E-state index contributed by atoms with van der Waals surface area (Å²) in [6.45, 7) is 5.81. The molecule has 0 fully saturated rings. The smallest absolute Gasteiger partial charge is 0.341 e. The highest BCUT2D eigenvalue weighted by Crippen LogP contribution is 2.34. The molecule has 1 aliphatic rings. The topological polar surface area (TPSA) is 97.2 Å². The lowest BCUT2D eigenvalue weighted by Crippen LogP contribution is -2.44. The Morgan fingerprint density at radius 3 is 2.75 bits per heavy atom. The number of phenolic OH excluding ortho intramolecular Hbond substituents is 1. The molecule has 0 aliphatic carbocycles. The summed E-state index contributed by atoms with van der Waals surface area (Å²) < 4.78 is 10.4. The largest absolute Gasteiger partial charge is 0.504 e. The monoisotopic (exact) mass is 334 g/mol. The van der Waals surface area contributed by atoms with E-state index in [0.29, 0.717) is 17.9 Å². The number of hydrogen-bond donors (Lipinski definition) is 2. The second-order valence-electron chi connectivity index (χ2n) is 6.11. The molecule has 7 nitrogen and oxygen atoms in total. The lowest BCUT2D eigenvalue weighted by Gasteiger charge is -2.30. The highest BCUT2D eigenvalue weighted by Gasteiger charge is 2.38. The number of carbonyl (C=O) groups is 2. The number of benzene rings is 1. The molecule has 0 spiro atoms. The van der Waals surface area contributed by atoms with E-state index in [-0.39, 0.29) is 17.4 Å². The summed E-state index contributed by atoms with van der Waals surface area (Å²) in [5.74, 6) is -0.724. The molecule has 0 saturated carbocycles. The van der Waals surface area contributed by atoms with Crippen molar-refractivity contribution in [1.82, 2.24) is 5.32 Å². The lowest BCUT2D eigenvalue weighted by molar-refractivity contribution is -0.148. The quantitative estimate of drug-likeness (QED) is 0.806. The second kappa shape index (κ2) is 7.33. The first-order chi connectivity index (χ1) is 11.3. The Bertz CT molecular complexity index is 669. The summed E-state index contributed by atoms with van der Waals surface area (Å²) in [6, 6.07) is 3.52. The summed E-state index contributed by atoms with van der Waals surface area (Å²) >= 11 is 0. The fraction of sp³-hybridized carbons (Fsp3) is 0.471. The Morgan fingerprint density at radius 1 is 1.42 bits per heavy atom. The van der Waals surface area contributed by atoms with E-state index in [9.17, 15) is 14.7 Å². The van der Waals surface area contributed by atoms with Crippen molar-refractivity contribution in [3.63, 3.8) is 0 Å². The van der Waals surface area contributed by atoms with Crippen molar-refractivity contribution in [2.75, 3.05) is 13.7 Å². The second-order valence-corrected chi connectivity index (χ2v) is 6.11. The highest BCUT2D eigenvalue weighted by molar-refractivity contribution is 6.08. The molecule has 0 aromatic heterocycles. The van der Waals surface area contributed by atoms with Gasteiger partial charge in [0, 0.05) is 5.71 Å². The molecule has 2 unspecified atom stereocenters. The van der Waals surface area contributed by atoms with Crippen molar-refractivity contribution in [1.29, 1.82) is 0 Å². The van der Waals surface area contributed by atoms with Crippen LogP contribution in [0.3, 0.4) is 0 Å². The van der Waals surface area contributed by atoms with Gasteiger partial charge >= 0.3 is 12.0 Å². The minimum absolute atomic E-state index is 0.0206. The molecule has 130 valence electrons. The molecular formula is C17H22N2O5. The van der Waals surface area contributed by atoms with Gasteiger partial charge in [-0.2, -0.15) is 0 Å². The third-order valence-corrected chi connectivity index (χ3v) is 3.72. The first-order valence-electron chi connectivity index (χ1n) is 7.72. The number of urea groups is 1. The van der Waals surface area contributed by atoms with Crippen LogP contribution < -0.4 is 10.1 Å². The minimum Gasteiger partial charge on any atom is -0.504 e. The molecule has 0 saturated heterocycles. The Morgan fingerprint density at radius 2 is 2.12 bits per heavy atom. The van der Waals surface area contributed by atoms with E-state index in [1.54, 1.807) is 19.1 Å². The molecule has 1 aromatic rings. The van der Waals surface area contributed by atoms with E-state index in [0.717, 1.165) is 0 Å². The van der Waals surface area contributed by atoms with Crippen LogP contribution in [0.2, 0.25) is 0 Å². The highest BCUT2D eigenvalue weighted by atomic mass is 16.5. The van der Waals surface area contributed by atoms with E-state index in [1.165, 1.54) is 13.2 Å². The third-order valence-electron chi connectivity index (χ3n) is 3.72. The van der Waals surface area contributed by atoms with Crippen molar-refractivity contribution in [2.24, 2.45) is 16.8 Å². The van der Waals surface area contributed by atoms with Crippen molar-refractivity contribution in [3.8, 4) is 11.5 Å². The van der Waals surface area contributed by atoms with E-state index in [2.05, 4.69) is 10.3 Å². The van der Waals surface area contributed by atoms with Crippen LogP contribution >= 0.6 is 0 Å². The molecule has 1 aliphatic heterocycles. The molecule has 2 amide bonds. The van der Waals surface area contributed by atoms with Crippen LogP contribution in [0.15, 0.2) is 23.2 Å². The van der Waals surface area contributed by atoms with Crippen LogP contribution in [-0.4, -0.2) is 36.5 Å². The zero-order chi connectivity index (χ0) is 17.9. The van der Waals surface area contributed by atoms with Crippen LogP contribution in [0, 0.1) is 11.8 Å². The number of nitrogens with zero attached hydrogens (tertiary/aromatic N) is 1. The number of esters is 1. The third kappa shape index (κ3) is 3.84. The molecule has 0 radical (unpaired) electrons. The average molecular weight is 334 g/mol. The number of aliphatic imine (C=N–C) groups is 1. The maximum absolute atomic E-state index is 12.5. The van der Waals surface area contributed by atoms with Gasteiger partial charge in [0.2, 0.25) is 0 Å². The van der Waals surface area contributed by atoms with Gasteiger partial charge in [0.05, 0.1) is 19.8 Å². The van der Waals surface area contributed by atoms with Gasteiger partial charge in [0.25, 0.3) is 0 Å². The van der Waals surface area contributed by atoms with Crippen molar-refractivity contribution < 1.29 is 24.2 Å². The first-order valence-corrected chi connectivity index (χ1v) is 7.72. The molecule has 0 bridgehead atoms. The Labute approximate surface area is 140 Å². The fourth-order valence-corrected chi connectivity index (χ4v) is 2.53. The number of phenols is 1. The van der Waals surface area contributed by atoms with Gasteiger partial charge in [-0.25, -0.2) is 9.79 Å². The van der Waals surface area contributed by atoms with Crippen LogP contribution in [-0.2, 0) is 9.53 Å². The van der Waals surface area contributed by atoms with E-state index in [1.807, 2.05) is 13.8 Å². The first kappa shape index (κ1) is 17.8. The number of ether oxygens (including phenoxy) is 2. The van der Waals surface area contributed by atoms with Crippen molar-refractivity contribution in [3.05, 3.63) is 23.8 Å². The van der Waals surface area contributed by atoms with Crippen molar-refractivity contribution >= 4 is 17.7 Å². The zero-order valence-electron chi connectivity index (χ0n) is 14.2. The maximum atomic E-state index is 12.5. The van der Waals surface area contributed by atoms with E-state index >= 15 is 0 Å². The van der Waals surface area contributed by atoms with Gasteiger partial charge < -0.3 is 19.9 Å². The summed E-state index contributed by atoms with van der Waals surface area (Å²) in [5, 5.41) is 12.4. The Kier molecular flexibility index (Phi) is 5.43. The fourth-order valence-electron chi connectivity index (χ4n) is 2.53. The van der Waals surface area contributed by atoms with Gasteiger partial charge in [-0.3, -0.25) is 4.79 Å². The summed E-state index contributed by atoms with van der Waals surface area (Å²) in [7, 11) is 1.43. The number of rotatable bonds is 5. The normalized spacial score (nSPS) is 20.4. The number of hydrogen-bond acceptors (Lipinski definition) is 5. The van der Waals surface area contributed by atoms with Gasteiger partial charge in [-0.1, -0.05) is 19.9 Å². The van der Waals surface area contributed by atoms with Crippen LogP contribution in [0.5, 0.6) is 11.5 Å². The predicted molar refractivity (Wildman–Crippen MR) is 88.3 cm³/mol. The van der Waals surface area contributed by atoms with Gasteiger partial charge in [0.15, 0.2) is 11.5 Å².